The Morgan fingerprint density at radius 3 is 2.57 bits per heavy atom. The van der Waals surface area contributed by atoms with Gasteiger partial charge in [0.1, 0.15) is 5.69 Å². The zero-order valence-corrected chi connectivity index (χ0v) is 20.7. The number of rotatable bonds is 4. The van der Waals surface area contributed by atoms with Crippen LogP contribution in [0.3, 0.4) is 0 Å². The molecule has 0 fully saturated rings. The highest BCUT2D eigenvalue weighted by atomic mass is 35.5. The topological polar surface area (TPSA) is 74.1 Å². The second-order valence-corrected chi connectivity index (χ2v) is 9.51. The smallest absolute Gasteiger partial charge is 0.417 e. The molecule has 0 aliphatic heterocycles. The molecule has 0 bridgehead atoms. The summed E-state index contributed by atoms with van der Waals surface area (Å²) >= 11 is 7.57. The average molecular weight is 544 g/mol. The lowest BCUT2D eigenvalue weighted by atomic mass is 9.98. The highest BCUT2D eigenvalue weighted by molar-refractivity contribution is 7.09. The van der Waals surface area contributed by atoms with Crippen LogP contribution >= 0.6 is 22.9 Å². The highest BCUT2D eigenvalue weighted by Crippen LogP contribution is 2.35. The van der Waals surface area contributed by atoms with Gasteiger partial charge in [0.05, 0.1) is 39.2 Å². The van der Waals surface area contributed by atoms with E-state index in [0.29, 0.717) is 33.8 Å². The van der Waals surface area contributed by atoms with E-state index >= 15 is 0 Å². The molecular formula is C26H17ClF3N3O3S. The Kier molecular flexibility index (Phi) is 6.47. The Morgan fingerprint density at radius 1 is 1.16 bits per heavy atom. The van der Waals surface area contributed by atoms with Crippen LogP contribution in [-0.2, 0) is 10.9 Å². The van der Waals surface area contributed by atoms with Crippen LogP contribution in [0.15, 0.2) is 54.0 Å². The van der Waals surface area contributed by atoms with Gasteiger partial charge in [-0.05, 0) is 36.8 Å². The third-order valence-corrected chi connectivity index (χ3v) is 7.19. The summed E-state index contributed by atoms with van der Waals surface area (Å²) in [7, 11) is 1.27. The number of ether oxygens (including phenoxy) is 1. The van der Waals surface area contributed by atoms with Crippen molar-refractivity contribution in [1.29, 1.82) is 0 Å². The first kappa shape index (κ1) is 24.9. The first-order valence-corrected chi connectivity index (χ1v) is 12.2. The Labute approximate surface area is 217 Å². The van der Waals surface area contributed by atoms with E-state index in [-0.39, 0.29) is 10.9 Å². The summed E-state index contributed by atoms with van der Waals surface area (Å²) in [5.41, 5.74) is -0.549. The third kappa shape index (κ3) is 4.58. The van der Waals surface area contributed by atoms with Gasteiger partial charge in [0.2, 0.25) is 0 Å². The minimum Gasteiger partial charge on any atom is -0.465 e. The molecule has 0 N–H and O–H groups in total. The molecule has 1 aliphatic carbocycles. The second-order valence-electron chi connectivity index (χ2n) is 8.18. The number of halogens is 4. The average Bonchev–Trinajstić information content (AvgIpc) is 3.55. The number of hydrogen-bond acceptors (Lipinski definition) is 6. The number of esters is 1. The quantitative estimate of drug-likeness (QED) is 0.342. The van der Waals surface area contributed by atoms with Gasteiger partial charge in [0.25, 0.3) is 5.91 Å². The van der Waals surface area contributed by atoms with Crippen LogP contribution in [0.4, 0.5) is 13.2 Å². The number of hydrogen-bond donors (Lipinski definition) is 0. The van der Waals surface area contributed by atoms with E-state index in [4.69, 9.17) is 16.3 Å². The number of methoxy groups -OCH3 is 1. The molecular weight excluding hydrogens is 527 g/mol. The fourth-order valence-corrected chi connectivity index (χ4v) is 5.21. The predicted octanol–water partition coefficient (Wildman–Crippen LogP) is 4.90. The van der Waals surface area contributed by atoms with Crippen molar-refractivity contribution < 1.29 is 27.5 Å². The zero-order chi connectivity index (χ0) is 26.3. The van der Waals surface area contributed by atoms with Crippen molar-refractivity contribution in [3.8, 4) is 11.3 Å². The third-order valence-electron chi connectivity index (χ3n) is 5.97. The Hall–Kier alpha value is -3.76. The van der Waals surface area contributed by atoms with Crippen LogP contribution in [-0.4, -0.2) is 33.8 Å². The number of benzene rings is 2. The zero-order valence-electron chi connectivity index (χ0n) is 19.1. The number of aromatic nitrogens is 3. The first-order chi connectivity index (χ1) is 17.7. The summed E-state index contributed by atoms with van der Waals surface area (Å²) in [6, 6.07) is 9.58. The number of thiazole rings is 1. The van der Waals surface area contributed by atoms with Crippen LogP contribution < -0.4 is 10.6 Å². The maximum Gasteiger partial charge on any atom is 0.417 e. The minimum atomic E-state index is -4.80. The van der Waals surface area contributed by atoms with Crippen molar-refractivity contribution in [2.24, 2.45) is 0 Å². The predicted molar refractivity (Wildman–Crippen MR) is 133 cm³/mol. The molecule has 1 atom stereocenters. The molecule has 2 aromatic heterocycles. The molecule has 1 unspecified atom stereocenters. The number of carbonyl (C=O) groups excluding carboxylic acids is 2. The van der Waals surface area contributed by atoms with E-state index in [1.165, 1.54) is 24.5 Å². The van der Waals surface area contributed by atoms with Gasteiger partial charge in [-0.15, -0.1) is 11.3 Å². The number of carbonyl (C=O) groups is 2. The molecule has 0 radical (unpaired) electrons. The van der Waals surface area contributed by atoms with Crippen LogP contribution in [0, 0.1) is 0 Å². The molecule has 0 saturated carbocycles. The summed E-state index contributed by atoms with van der Waals surface area (Å²) in [5.74, 6) is -1.70. The summed E-state index contributed by atoms with van der Waals surface area (Å²) in [4.78, 5) is 29.8. The van der Waals surface area contributed by atoms with E-state index in [0.717, 1.165) is 21.8 Å². The van der Waals surface area contributed by atoms with Gasteiger partial charge in [-0.3, -0.25) is 4.79 Å². The van der Waals surface area contributed by atoms with Gasteiger partial charge >= 0.3 is 12.1 Å². The maximum absolute atomic E-state index is 13.8. The van der Waals surface area contributed by atoms with Gasteiger partial charge in [-0.1, -0.05) is 35.9 Å². The summed E-state index contributed by atoms with van der Waals surface area (Å²) in [6.07, 6.45) is 1.11. The Bertz CT molecular complexity index is 1630. The normalized spacial score (nSPS) is 14.9. The molecule has 0 amide bonds. The number of fused-ring (bicyclic) bond motifs is 1. The van der Waals surface area contributed by atoms with Crippen LogP contribution in [0.5, 0.6) is 0 Å². The molecule has 0 saturated heterocycles. The van der Waals surface area contributed by atoms with E-state index in [1.807, 2.05) is 11.5 Å². The largest absolute Gasteiger partial charge is 0.465 e. The first-order valence-electron chi connectivity index (χ1n) is 11.0. The molecule has 4 aromatic rings. The SMILES string of the molecule is COC(=O)c1ccc(-c2nn(C(=O)c3c(Cl)cccc3C(F)(F)F)c3c2=CCC(c2nccs2)C=3)cc1. The van der Waals surface area contributed by atoms with Crippen molar-refractivity contribution in [3.63, 3.8) is 0 Å². The molecule has 5 rings (SSSR count). The molecule has 2 heterocycles. The van der Waals surface area contributed by atoms with Crippen molar-refractivity contribution in [1.82, 2.24) is 14.8 Å². The molecule has 6 nitrogen and oxygen atoms in total. The highest BCUT2D eigenvalue weighted by Gasteiger charge is 2.37. The second kappa shape index (κ2) is 9.60. The maximum atomic E-state index is 13.8. The van der Waals surface area contributed by atoms with Gasteiger partial charge in [0.15, 0.2) is 0 Å². The summed E-state index contributed by atoms with van der Waals surface area (Å²) < 4.78 is 47.1. The molecule has 0 spiro atoms. The summed E-state index contributed by atoms with van der Waals surface area (Å²) in [6.45, 7) is 0. The standard InChI is InChI=1S/C26H17ClF3N3O3S/c1-36-25(35)15-7-5-14(6-8-15)22-17-10-9-16(23-31-11-12-37-23)13-20(17)33(32-22)24(34)21-18(26(28,29)30)3-2-4-19(21)27/h2-8,10-13,16H,9H2,1H3. The monoisotopic (exact) mass is 543 g/mol. The lowest BCUT2D eigenvalue weighted by molar-refractivity contribution is -0.137. The van der Waals surface area contributed by atoms with E-state index in [1.54, 1.807) is 36.5 Å². The molecule has 11 heteroatoms. The fourth-order valence-electron chi connectivity index (χ4n) is 4.23. The van der Waals surface area contributed by atoms with Crippen LogP contribution in [0.2, 0.25) is 5.02 Å². The molecule has 37 heavy (non-hydrogen) atoms. The number of nitrogens with zero attached hydrogens (tertiary/aromatic N) is 3. The Balaban J connectivity index is 1.72. The molecule has 1 aliphatic rings. The van der Waals surface area contributed by atoms with Gasteiger partial charge < -0.3 is 4.74 Å². The summed E-state index contributed by atoms with van der Waals surface area (Å²) in [5, 5.41) is 7.70. The van der Waals surface area contributed by atoms with Crippen molar-refractivity contribution in [3.05, 3.63) is 91.3 Å². The lowest BCUT2D eigenvalue weighted by Gasteiger charge is -2.14. The van der Waals surface area contributed by atoms with Crippen molar-refractivity contribution in [2.45, 2.75) is 18.5 Å². The van der Waals surface area contributed by atoms with Gasteiger partial charge in [-0.2, -0.15) is 23.0 Å². The minimum absolute atomic E-state index is 0.182. The lowest BCUT2D eigenvalue weighted by Crippen LogP contribution is -2.37. The Morgan fingerprint density at radius 2 is 1.92 bits per heavy atom. The van der Waals surface area contributed by atoms with E-state index < -0.39 is 29.2 Å². The van der Waals surface area contributed by atoms with E-state index in [2.05, 4.69) is 10.1 Å². The van der Waals surface area contributed by atoms with E-state index in [9.17, 15) is 22.8 Å². The van der Waals surface area contributed by atoms with Crippen molar-refractivity contribution in [2.75, 3.05) is 7.11 Å². The number of alkyl halides is 3. The van der Waals surface area contributed by atoms with Crippen LogP contribution in [0.1, 0.15) is 43.6 Å². The van der Waals surface area contributed by atoms with Gasteiger partial charge in [-0.25, -0.2) is 9.78 Å². The van der Waals surface area contributed by atoms with Gasteiger partial charge in [0, 0.05) is 28.3 Å². The van der Waals surface area contributed by atoms with Crippen molar-refractivity contribution >= 4 is 47.0 Å². The van der Waals surface area contributed by atoms with Crippen LogP contribution in [0.25, 0.3) is 23.4 Å². The molecule has 188 valence electrons. The fraction of sp³-hybridized carbons (Fsp3) is 0.154. The molecule has 2 aromatic carbocycles.